The van der Waals surface area contributed by atoms with Crippen molar-refractivity contribution in [1.82, 2.24) is 9.66 Å². The predicted molar refractivity (Wildman–Crippen MR) is 93.1 cm³/mol. The summed E-state index contributed by atoms with van der Waals surface area (Å²) in [5.41, 5.74) is 2.18. The zero-order valence-corrected chi connectivity index (χ0v) is 13.6. The van der Waals surface area contributed by atoms with Crippen LogP contribution in [-0.2, 0) is 0 Å². The molecular formula is C16H13N5O2S. The first-order valence-electron chi connectivity index (χ1n) is 7.02. The van der Waals surface area contributed by atoms with Crippen LogP contribution in [0.3, 0.4) is 0 Å². The highest BCUT2D eigenvalue weighted by Crippen LogP contribution is 2.24. The van der Waals surface area contributed by atoms with Crippen molar-refractivity contribution in [1.29, 1.82) is 0 Å². The second-order valence-electron chi connectivity index (χ2n) is 4.75. The molecule has 2 heterocycles. The van der Waals surface area contributed by atoms with Crippen LogP contribution in [-0.4, -0.2) is 27.8 Å². The van der Waals surface area contributed by atoms with E-state index in [9.17, 15) is 10.1 Å². The highest BCUT2D eigenvalue weighted by Gasteiger charge is 2.11. The second kappa shape index (κ2) is 6.97. The maximum Gasteiger partial charge on any atom is 0.270 e. The number of hydrogen-bond acceptors (Lipinski definition) is 6. The Hall–Kier alpha value is -3.13. The number of nitro groups is 1. The summed E-state index contributed by atoms with van der Waals surface area (Å²) in [6.07, 6.45) is 3.31. The maximum absolute atomic E-state index is 11.0. The molecule has 0 unspecified atom stereocenters. The van der Waals surface area contributed by atoms with Crippen LogP contribution in [0, 0.1) is 10.1 Å². The first-order chi connectivity index (χ1) is 11.7. The van der Waals surface area contributed by atoms with E-state index >= 15 is 0 Å². The standard InChI is InChI=1S/C16H13N5O2S/c1-17-16-20(19-10-13-6-2-3-8-18-13)15(11-24-16)12-5-4-7-14(9-12)21(22)23/h2-11H,1H3/b17-16?,19-10-. The molecule has 0 aliphatic carbocycles. The van der Waals surface area contributed by atoms with E-state index in [-0.39, 0.29) is 5.69 Å². The van der Waals surface area contributed by atoms with Gasteiger partial charge in [-0.2, -0.15) is 5.10 Å². The van der Waals surface area contributed by atoms with Gasteiger partial charge in [0.15, 0.2) is 0 Å². The van der Waals surface area contributed by atoms with Gasteiger partial charge >= 0.3 is 0 Å². The Bertz CT molecular complexity index is 960. The van der Waals surface area contributed by atoms with Gasteiger partial charge in [0, 0.05) is 36.3 Å². The first-order valence-corrected chi connectivity index (χ1v) is 7.90. The zero-order valence-electron chi connectivity index (χ0n) is 12.7. The molecule has 8 heteroatoms. The summed E-state index contributed by atoms with van der Waals surface area (Å²) >= 11 is 1.41. The van der Waals surface area contributed by atoms with Gasteiger partial charge in [0.2, 0.25) is 4.80 Å². The maximum atomic E-state index is 11.0. The minimum atomic E-state index is -0.414. The van der Waals surface area contributed by atoms with Gasteiger partial charge in [-0.15, -0.1) is 11.3 Å². The molecule has 24 heavy (non-hydrogen) atoms. The molecule has 0 amide bonds. The SMILES string of the molecule is CN=c1scc(-c2cccc([N+](=O)[O-])c2)n1/N=C\c1ccccn1. The summed E-state index contributed by atoms with van der Waals surface area (Å²) in [6.45, 7) is 0. The van der Waals surface area contributed by atoms with Gasteiger partial charge in [-0.3, -0.25) is 20.1 Å². The van der Waals surface area contributed by atoms with Crippen LogP contribution in [0.2, 0.25) is 0 Å². The summed E-state index contributed by atoms with van der Waals surface area (Å²) in [5, 5.41) is 17.3. The molecule has 0 N–H and O–H groups in total. The van der Waals surface area contributed by atoms with Crippen molar-refractivity contribution < 1.29 is 4.92 Å². The normalized spacial score (nSPS) is 12.0. The highest BCUT2D eigenvalue weighted by molar-refractivity contribution is 7.07. The third kappa shape index (κ3) is 3.28. The van der Waals surface area contributed by atoms with Gasteiger partial charge in [0.25, 0.3) is 5.69 Å². The average molecular weight is 339 g/mol. The molecule has 3 aromatic rings. The Labute approximate surface area is 141 Å². The number of thiazole rings is 1. The van der Waals surface area contributed by atoms with E-state index in [4.69, 9.17) is 0 Å². The Kier molecular flexibility index (Phi) is 4.57. The van der Waals surface area contributed by atoms with Crippen LogP contribution in [0.15, 0.2) is 64.1 Å². The molecule has 0 atom stereocenters. The van der Waals surface area contributed by atoms with Gasteiger partial charge in [0.05, 0.1) is 22.5 Å². The smallest absolute Gasteiger partial charge is 0.261 e. The highest BCUT2D eigenvalue weighted by atomic mass is 32.1. The summed E-state index contributed by atoms with van der Waals surface area (Å²) in [7, 11) is 1.68. The van der Waals surface area contributed by atoms with Crippen molar-refractivity contribution >= 4 is 23.2 Å². The minimum absolute atomic E-state index is 0.0361. The van der Waals surface area contributed by atoms with Gasteiger partial charge in [-0.1, -0.05) is 18.2 Å². The van der Waals surface area contributed by atoms with E-state index in [1.165, 1.54) is 23.5 Å². The number of pyridine rings is 1. The fraction of sp³-hybridized carbons (Fsp3) is 0.0625. The fourth-order valence-electron chi connectivity index (χ4n) is 2.11. The Morgan fingerprint density at radius 2 is 2.17 bits per heavy atom. The number of nitro benzene ring substituents is 1. The van der Waals surface area contributed by atoms with Gasteiger partial charge in [-0.25, -0.2) is 4.68 Å². The molecule has 0 aliphatic rings. The van der Waals surface area contributed by atoms with Crippen molar-refractivity contribution in [2.24, 2.45) is 10.1 Å². The summed E-state index contributed by atoms with van der Waals surface area (Å²) in [5.74, 6) is 0. The van der Waals surface area contributed by atoms with Gasteiger partial charge < -0.3 is 0 Å². The van der Waals surface area contributed by atoms with Crippen LogP contribution >= 0.6 is 11.3 Å². The van der Waals surface area contributed by atoms with Crippen LogP contribution in [0.1, 0.15) is 5.69 Å². The predicted octanol–water partition coefficient (Wildman–Crippen LogP) is 2.93. The molecule has 3 rings (SSSR count). The molecule has 0 saturated heterocycles. The number of hydrogen-bond donors (Lipinski definition) is 0. The van der Waals surface area contributed by atoms with Crippen LogP contribution in [0.4, 0.5) is 5.69 Å². The average Bonchev–Trinajstić information content (AvgIpc) is 3.04. The summed E-state index contributed by atoms with van der Waals surface area (Å²) in [6, 6.07) is 12.0. The number of nitrogens with zero attached hydrogens (tertiary/aromatic N) is 5. The largest absolute Gasteiger partial charge is 0.270 e. The number of benzene rings is 1. The quantitative estimate of drug-likeness (QED) is 0.416. The molecule has 7 nitrogen and oxygen atoms in total. The van der Waals surface area contributed by atoms with Gasteiger partial charge in [-0.05, 0) is 12.1 Å². The van der Waals surface area contributed by atoms with Crippen molar-refractivity contribution in [3.8, 4) is 11.3 Å². The van der Waals surface area contributed by atoms with E-state index in [1.807, 2.05) is 23.6 Å². The minimum Gasteiger partial charge on any atom is -0.261 e. The van der Waals surface area contributed by atoms with Crippen molar-refractivity contribution in [2.45, 2.75) is 0 Å². The number of rotatable bonds is 4. The molecular weight excluding hydrogens is 326 g/mol. The van der Waals surface area contributed by atoms with E-state index in [2.05, 4.69) is 15.1 Å². The Balaban J connectivity index is 2.07. The fourth-order valence-corrected chi connectivity index (χ4v) is 2.91. The Morgan fingerprint density at radius 3 is 2.88 bits per heavy atom. The lowest BCUT2D eigenvalue weighted by Gasteiger charge is -2.03. The van der Waals surface area contributed by atoms with E-state index in [0.717, 1.165) is 5.69 Å². The van der Waals surface area contributed by atoms with E-state index in [1.54, 1.807) is 36.3 Å². The lowest BCUT2D eigenvalue weighted by Crippen LogP contribution is -2.11. The topological polar surface area (TPSA) is 85.7 Å². The molecule has 0 spiro atoms. The molecule has 0 saturated carbocycles. The molecule has 0 radical (unpaired) electrons. The molecule has 1 aromatic carbocycles. The summed E-state index contributed by atoms with van der Waals surface area (Å²) in [4.78, 5) is 19.7. The Morgan fingerprint density at radius 1 is 1.29 bits per heavy atom. The number of non-ortho nitro benzene ring substituents is 1. The van der Waals surface area contributed by atoms with E-state index < -0.39 is 4.92 Å². The third-order valence-corrected chi connectivity index (χ3v) is 4.13. The lowest BCUT2D eigenvalue weighted by atomic mass is 10.1. The van der Waals surface area contributed by atoms with Crippen LogP contribution in [0.25, 0.3) is 11.3 Å². The molecule has 0 aliphatic heterocycles. The van der Waals surface area contributed by atoms with Crippen molar-refractivity contribution in [3.05, 3.63) is 74.7 Å². The van der Waals surface area contributed by atoms with Crippen molar-refractivity contribution in [3.63, 3.8) is 0 Å². The van der Waals surface area contributed by atoms with E-state index in [0.29, 0.717) is 16.1 Å². The van der Waals surface area contributed by atoms with Crippen LogP contribution < -0.4 is 4.80 Å². The first kappa shape index (κ1) is 15.8. The van der Waals surface area contributed by atoms with Crippen LogP contribution in [0.5, 0.6) is 0 Å². The molecule has 120 valence electrons. The van der Waals surface area contributed by atoms with Crippen molar-refractivity contribution in [2.75, 3.05) is 7.05 Å². The third-order valence-electron chi connectivity index (χ3n) is 3.22. The monoisotopic (exact) mass is 339 g/mol. The summed E-state index contributed by atoms with van der Waals surface area (Å²) < 4.78 is 1.65. The second-order valence-corrected chi connectivity index (χ2v) is 5.58. The lowest BCUT2D eigenvalue weighted by molar-refractivity contribution is -0.384. The van der Waals surface area contributed by atoms with Gasteiger partial charge in [0.1, 0.15) is 0 Å². The zero-order chi connectivity index (χ0) is 16.9. The number of aromatic nitrogens is 2. The molecule has 2 aromatic heterocycles. The molecule has 0 bridgehead atoms. The molecule has 0 fully saturated rings.